The summed E-state index contributed by atoms with van der Waals surface area (Å²) in [5.41, 5.74) is 3.41. The summed E-state index contributed by atoms with van der Waals surface area (Å²) >= 11 is 5.08. The molecule has 1 saturated heterocycles. The summed E-state index contributed by atoms with van der Waals surface area (Å²) in [5.74, 6) is -0.352. The Labute approximate surface area is 227 Å². The lowest BCUT2D eigenvalue weighted by Gasteiger charge is -2.27. The highest BCUT2D eigenvalue weighted by Crippen LogP contribution is 2.22. The fourth-order valence-corrected chi connectivity index (χ4v) is 4.23. The number of thiocarbonyl (C=S) groups is 1. The highest BCUT2D eigenvalue weighted by atomic mass is 32.1. The number of amides is 2. The van der Waals surface area contributed by atoms with Gasteiger partial charge in [-0.2, -0.15) is 0 Å². The molecule has 1 aromatic carbocycles. The maximum Gasteiger partial charge on any atom is 0.254 e. The normalized spacial score (nSPS) is 16.7. The SMILES string of the molecule is C=C(Cc1ccccc1CC)NC(=S)CNC=O.CC/C=C\C=C/CC1CCCN1C(=O)C(O)C(C)O. The minimum atomic E-state index is -1.30. The molecule has 3 unspecified atom stereocenters. The Morgan fingerprint density at radius 1 is 1.22 bits per heavy atom. The van der Waals surface area contributed by atoms with E-state index in [1.165, 1.54) is 18.1 Å². The van der Waals surface area contributed by atoms with E-state index in [0.29, 0.717) is 24.5 Å². The molecule has 0 spiro atoms. The van der Waals surface area contributed by atoms with Crippen molar-refractivity contribution in [3.63, 3.8) is 0 Å². The van der Waals surface area contributed by atoms with E-state index in [2.05, 4.69) is 55.3 Å². The predicted molar refractivity (Wildman–Crippen MR) is 154 cm³/mol. The molecule has 204 valence electrons. The fraction of sp³-hybridized carbons (Fsp3) is 0.483. The third-order valence-electron chi connectivity index (χ3n) is 5.96. The Morgan fingerprint density at radius 3 is 2.51 bits per heavy atom. The first-order chi connectivity index (χ1) is 17.7. The van der Waals surface area contributed by atoms with Gasteiger partial charge in [-0.1, -0.05) is 81.2 Å². The Bertz CT molecular complexity index is 929. The third kappa shape index (κ3) is 12.3. The topological polar surface area (TPSA) is 102 Å². The maximum absolute atomic E-state index is 12.0. The molecule has 0 aromatic heterocycles. The van der Waals surface area contributed by atoms with Gasteiger partial charge in [0.25, 0.3) is 5.91 Å². The van der Waals surface area contributed by atoms with Gasteiger partial charge < -0.3 is 25.7 Å². The van der Waals surface area contributed by atoms with Crippen LogP contribution in [0.3, 0.4) is 0 Å². The van der Waals surface area contributed by atoms with Gasteiger partial charge in [0.05, 0.1) is 17.6 Å². The molecule has 2 rings (SSSR count). The standard InChI is InChI=1S/C15H25NO3.C14H18N2OS/c1-3-4-5-6-7-9-13-10-8-11-16(13)15(19)14(18)12(2)17;1-3-12-6-4-5-7-13(12)8-11(2)16-14(18)9-15-10-17/h4-7,12-14,17-18H,3,8-11H2,1-2H3;4-7,10H,2-3,8-9H2,1H3,(H,15,17)(H,16,18)/b5-4-,7-6-;. The molecule has 7 nitrogen and oxygen atoms in total. The predicted octanol–water partition coefficient (Wildman–Crippen LogP) is 3.60. The van der Waals surface area contributed by atoms with E-state index in [0.717, 1.165) is 44.2 Å². The zero-order valence-electron chi connectivity index (χ0n) is 22.4. The summed E-state index contributed by atoms with van der Waals surface area (Å²) in [7, 11) is 0. The van der Waals surface area contributed by atoms with Gasteiger partial charge in [-0.3, -0.25) is 9.59 Å². The molecule has 0 saturated carbocycles. The van der Waals surface area contributed by atoms with Crippen LogP contribution in [0.5, 0.6) is 0 Å². The molecule has 1 fully saturated rings. The van der Waals surface area contributed by atoms with Crippen molar-refractivity contribution < 1.29 is 19.8 Å². The van der Waals surface area contributed by atoms with Crippen molar-refractivity contribution in [1.29, 1.82) is 0 Å². The number of aryl methyl sites for hydroxylation is 1. The van der Waals surface area contributed by atoms with Crippen molar-refractivity contribution in [3.8, 4) is 0 Å². The number of hydrogen-bond acceptors (Lipinski definition) is 5. The average Bonchev–Trinajstić information content (AvgIpc) is 3.35. The summed E-state index contributed by atoms with van der Waals surface area (Å²) in [6, 6.07) is 8.42. The number of allylic oxidation sites excluding steroid dienone is 4. The number of nitrogens with one attached hydrogen (secondary N) is 2. The highest BCUT2D eigenvalue weighted by molar-refractivity contribution is 7.80. The molecule has 0 radical (unpaired) electrons. The van der Waals surface area contributed by atoms with Gasteiger partial charge >= 0.3 is 0 Å². The number of nitrogens with zero attached hydrogens (tertiary/aromatic N) is 1. The second kappa shape index (κ2) is 18.4. The van der Waals surface area contributed by atoms with Gasteiger partial charge in [0, 0.05) is 24.7 Å². The zero-order valence-corrected chi connectivity index (χ0v) is 23.2. The Balaban J connectivity index is 0.000000371. The highest BCUT2D eigenvalue weighted by Gasteiger charge is 2.33. The molecule has 1 aliphatic rings. The molecular weight excluding hydrogens is 486 g/mol. The number of aliphatic hydroxyl groups is 2. The van der Waals surface area contributed by atoms with Gasteiger partial charge in [-0.25, -0.2) is 0 Å². The van der Waals surface area contributed by atoms with Crippen LogP contribution in [-0.2, 0) is 22.4 Å². The lowest BCUT2D eigenvalue weighted by atomic mass is 10.0. The van der Waals surface area contributed by atoms with Crippen LogP contribution in [0.2, 0.25) is 0 Å². The second-order valence-corrected chi connectivity index (χ2v) is 9.46. The smallest absolute Gasteiger partial charge is 0.254 e. The van der Waals surface area contributed by atoms with E-state index in [9.17, 15) is 19.8 Å². The average molecular weight is 530 g/mol. The van der Waals surface area contributed by atoms with Crippen LogP contribution >= 0.6 is 12.2 Å². The van der Waals surface area contributed by atoms with Crippen LogP contribution in [0.15, 0.2) is 60.8 Å². The molecule has 2 amide bonds. The summed E-state index contributed by atoms with van der Waals surface area (Å²) in [6.45, 7) is 10.6. The monoisotopic (exact) mass is 529 g/mol. The van der Waals surface area contributed by atoms with Gasteiger partial charge in [0.2, 0.25) is 6.41 Å². The summed E-state index contributed by atoms with van der Waals surface area (Å²) in [4.78, 5) is 24.4. The van der Waals surface area contributed by atoms with Crippen molar-refractivity contribution in [1.82, 2.24) is 15.5 Å². The number of rotatable bonds is 13. The summed E-state index contributed by atoms with van der Waals surface area (Å²) < 4.78 is 0. The van der Waals surface area contributed by atoms with Crippen molar-refractivity contribution in [2.45, 2.75) is 77.5 Å². The van der Waals surface area contributed by atoms with E-state index < -0.39 is 12.2 Å². The minimum Gasteiger partial charge on any atom is -0.390 e. The number of aliphatic hydroxyl groups excluding tert-OH is 2. The zero-order chi connectivity index (χ0) is 27.6. The summed E-state index contributed by atoms with van der Waals surface area (Å²) in [6.07, 6.45) is 11.9. The molecule has 1 aromatic rings. The maximum atomic E-state index is 12.0. The van der Waals surface area contributed by atoms with Gasteiger partial charge in [0.1, 0.15) is 0 Å². The van der Waals surface area contributed by atoms with Crippen LogP contribution < -0.4 is 10.6 Å². The Kier molecular flexibility index (Phi) is 16.1. The second-order valence-electron chi connectivity index (χ2n) is 8.96. The van der Waals surface area contributed by atoms with Gasteiger partial charge in [0.15, 0.2) is 6.10 Å². The van der Waals surface area contributed by atoms with Crippen LogP contribution in [0.4, 0.5) is 0 Å². The number of carbonyl (C=O) groups is 2. The molecule has 3 atom stereocenters. The lowest BCUT2D eigenvalue weighted by molar-refractivity contribution is -0.146. The van der Waals surface area contributed by atoms with E-state index in [4.69, 9.17) is 12.2 Å². The Hall–Kier alpha value is -2.81. The molecule has 37 heavy (non-hydrogen) atoms. The van der Waals surface area contributed by atoms with Crippen molar-refractivity contribution >= 4 is 29.5 Å². The van der Waals surface area contributed by atoms with Crippen LogP contribution in [0.25, 0.3) is 0 Å². The number of likely N-dealkylation sites (tertiary alicyclic amines) is 1. The number of benzene rings is 1. The third-order valence-corrected chi connectivity index (χ3v) is 6.21. The molecule has 0 aliphatic carbocycles. The minimum absolute atomic E-state index is 0.146. The van der Waals surface area contributed by atoms with E-state index in [-0.39, 0.29) is 11.9 Å². The van der Waals surface area contributed by atoms with Gasteiger partial charge in [-0.15, -0.1) is 0 Å². The number of carbonyl (C=O) groups excluding carboxylic acids is 2. The van der Waals surface area contributed by atoms with Crippen LogP contribution in [0, 0.1) is 0 Å². The van der Waals surface area contributed by atoms with Crippen molar-refractivity contribution in [2.75, 3.05) is 13.1 Å². The summed E-state index contributed by atoms with van der Waals surface area (Å²) in [5, 5.41) is 24.5. The van der Waals surface area contributed by atoms with E-state index in [1.807, 2.05) is 24.3 Å². The molecule has 4 N–H and O–H groups in total. The molecular formula is C29H43N3O4S. The molecule has 8 heteroatoms. The fourth-order valence-electron chi connectivity index (χ4n) is 4.00. The molecule has 0 bridgehead atoms. The quantitative estimate of drug-likeness (QED) is 0.177. The molecule has 1 heterocycles. The molecule has 1 aliphatic heterocycles. The van der Waals surface area contributed by atoms with E-state index >= 15 is 0 Å². The van der Waals surface area contributed by atoms with Crippen LogP contribution in [0.1, 0.15) is 57.6 Å². The van der Waals surface area contributed by atoms with Crippen molar-refractivity contribution in [2.24, 2.45) is 0 Å². The number of hydrogen-bond donors (Lipinski definition) is 4. The van der Waals surface area contributed by atoms with Gasteiger partial charge in [-0.05, 0) is 50.2 Å². The first kappa shape index (κ1) is 32.2. The van der Waals surface area contributed by atoms with Crippen LogP contribution in [-0.4, -0.2) is 63.8 Å². The first-order valence-electron chi connectivity index (χ1n) is 12.9. The largest absolute Gasteiger partial charge is 0.390 e. The van der Waals surface area contributed by atoms with E-state index in [1.54, 1.807) is 4.90 Å². The lowest BCUT2D eigenvalue weighted by Crippen LogP contribution is -2.46. The Morgan fingerprint density at radius 2 is 1.89 bits per heavy atom. The van der Waals surface area contributed by atoms with Crippen molar-refractivity contribution in [3.05, 3.63) is 72.0 Å². The first-order valence-corrected chi connectivity index (χ1v) is 13.4.